The molecule has 1 heterocycles. The normalized spacial score (nSPS) is 19.6. The number of hydrogen-bond acceptors (Lipinski definition) is 3. The Kier molecular flexibility index (Phi) is 4.39. The van der Waals surface area contributed by atoms with Gasteiger partial charge in [-0.15, -0.1) is 0 Å². The molecule has 110 valence electrons. The number of nitrogens with one attached hydrogen (secondary N) is 1. The highest BCUT2D eigenvalue weighted by Gasteiger charge is 2.30. The minimum Gasteiger partial charge on any atom is -0.341 e. The summed E-state index contributed by atoms with van der Waals surface area (Å²) in [6.07, 6.45) is 1.90. The van der Waals surface area contributed by atoms with Crippen molar-refractivity contribution in [3.05, 3.63) is 35.6 Å². The van der Waals surface area contributed by atoms with E-state index in [1.54, 1.807) is 17.0 Å². The molecule has 1 atom stereocenters. The molecule has 1 aromatic carbocycles. The Bertz CT molecular complexity index is 586. The van der Waals surface area contributed by atoms with Crippen LogP contribution in [-0.4, -0.2) is 44.6 Å². The topological polar surface area (TPSA) is 66.5 Å². The predicted molar refractivity (Wildman–Crippen MR) is 73.1 cm³/mol. The molecule has 1 aromatic rings. The van der Waals surface area contributed by atoms with Gasteiger partial charge < -0.3 is 4.90 Å². The molecule has 1 saturated heterocycles. The minimum atomic E-state index is -3.30. The molecule has 1 fully saturated rings. The molecule has 0 radical (unpaired) electrons. The van der Waals surface area contributed by atoms with Gasteiger partial charge in [-0.2, -0.15) is 0 Å². The van der Waals surface area contributed by atoms with Crippen molar-refractivity contribution in [2.45, 2.75) is 18.9 Å². The number of halogens is 1. The van der Waals surface area contributed by atoms with Gasteiger partial charge in [0, 0.05) is 25.6 Å². The molecule has 0 aliphatic carbocycles. The van der Waals surface area contributed by atoms with Crippen molar-refractivity contribution in [1.29, 1.82) is 0 Å². The second-order valence-electron chi connectivity index (χ2n) is 5.01. The molecule has 0 bridgehead atoms. The van der Waals surface area contributed by atoms with E-state index < -0.39 is 10.0 Å². The van der Waals surface area contributed by atoms with E-state index in [0.717, 1.165) is 11.8 Å². The Morgan fingerprint density at radius 2 is 2.00 bits per heavy atom. The quantitative estimate of drug-likeness (QED) is 0.862. The van der Waals surface area contributed by atoms with Crippen LogP contribution in [0.15, 0.2) is 24.3 Å². The van der Waals surface area contributed by atoms with Crippen molar-refractivity contribution >= 4 is 15.9 Å². The van der Waals surface area contributed by atoms with Gasteiger partial charge >= 0.3 is 0 Å². The molecular formula is C13H17FN2O3S. The van der Waals surface area contributed by atoms with Crippen LogP contribution in [0.4, 0.5) is 4.39 Å². The summed E-state index contributed by atoms with van der Waals surface area (Å²) < 4.78 is 37.5. The second kappa shape index (κ2) is 5.88. The summed E-state index contributed by atoms with van der Waals surface area (Å²) in [7, 11) is -3.30. The van der Waals surface area contributed by atoms with Gasteiger partial charge in [-0.3, -0.25) is 4.79 Å². The number of carbonyl (C=O) groups is 1. The molecule has 20 heavy (non-hydrogen) atoms. The Labute approximate surface area is 117 Å². The molecule has 1 unspecified atom stereocenters. The standard InChI is InChI=1S/C13H17FN2O3S/c1-20(18,19)15-12-8-13(17)16(9-12)7-6-10-2-4-11(14)5-3-10/h2-5,12,15H,6-9H2,1H3. The summed E-state index contributed by atoms with van der Waals surface area (Å²) >= 11 is 0. The van der Waals surface area contributed by atoms with E-state index in [1.807, 2.05) is 0 Å². The molecule has 2 rings (SSSR count). The Hall–Kier alpha value is -1.47. The fraction of sp³-hybridized carbons (Fsp3) is 0.462. The van der Waals surface area contributed by atoms with E-state index in [-0.39, 0.29) is 24.2 Å². The van der Waals surface area contributed by atoms with Crippen LogP contribution in [-0.2, 0) is 21.2 Å². The van der Waals surface area contributed by atoms with Gasteiger partial charge in [0.15, 0.2) is 0 Å². The Balaban J connectivity index is 1.87. The summed E-state index contributed by atoms with van der Waals surface area (Å²) in [5.74, 6) is -0.350. The zero-order valence-corrected chi connectivity index (χ0v) is 12.0. The summed E-state index contributed by atoms with van der Waals surface area (Å²) in [5, 5.41) is 0. The summed E-state index contributed by atoms with van der Waals surface area (Å²) in [6, 6.07) is 5.78. The molecule has 1 amide bonds. The molecule has 0 saturated carbocycles. The zero-order valence-electron chi connectivity index (χ0n) is 11.2. The van der Waals surface area contributed by atoms with Crippen molar-refractivity contribution in [3.8, 4) is 0 Å². The van der Waals surface area contributed by atoms with Crippen LogP contribution in [0.25, 0.3) is 0 Å². The molecule has 1 aliphatic heterocycles. The van der Waals surface area contributed by atoms with Gasteiger partial charge in [-0.1, -0.05) is 12.1 Å². The first-order valence-electron chi connectivity index (χ1n) is 6.33. The van der Waals surface area contributed by atoms with Crippen LogP contribution in [0.5, 0.6) is 0 Å². The average Bonchev–Trinajstić information content (AvgIpc) is 2.66. The summed E-state index contributed by atoms with van der Waals surface area (Å²) in [6.45, 7) is 0.888. The number of likely N-dealkylation sites (tertiary alicyclic amines) is 1. The molecule has 1 N–H and O–H groups in total. The van der Waals surface area contributed by atoms with E-state index in [2.05, 4.69) is 4.72 Å². The molecular weight excluding hydrogens is 283 g/mol. The fourth-order valence-corrected chi connectivity index (χ4v) is 3.05. The third kappa shape index (κ3) is 4.28. The first kappa shape index (κ1) is 14.9. The maximum absolute atomic E-state index is 12.8. The van der Waals surface area contributed by atoms with Gasteiger partial charge in [-0.25, -0.2) is 17.5 Å². The number of carbonyl (C=O) groups excluding carboxylic acids is 1. The largest absolute Gasteiger partial charge is 0.341 e. The van der Waals surface area contributed by atoms with Crippen molar-refractivity contribution in [3.63, 3.8) is 0 Å². The first-order valence-corrected chi connectivity index (χ1v) is 8.22. The highest BCUT2D eigenvalue weighted by atomic mass is 32.2. The molecule has 5 nitrogen and oxygen atoms in total. The molecule has 0 aromatic heterocycles. The monoisotopic (exact) mass is 300 g/mol. The predicted octanol–water partition coefficient (Wildman–Crippen LogP) is 0.518. The number of sulfonamides is 1. The maximum Gasteiger partial charge on any atom is 0.224 e. The van der Waals surface area contributed by atoms with E-state index in [4.69, 9.17) is 0 Å². The van der Waals surface area contributed by atoms with E-state index in [1.165, 1.54) is 12.1 Å². The molecule has 1 aliphatic rings. The number of amides is 1. The van der Waals surface area contributed by atoms with E-state index >= 15 is 0 Å². The van der Waals surface area contributed by atoms with Gasteiger partial charge in [0.1, 0.15) is 5.82 Å². The van der Waals surface area contributed by atoms with Crippen LogP contribution in [0, 0.1) is 5.82 Å². The van der Waals surface area contributed by atoms with E-state index in [9.17, 15) is 17.6 Å². The van der Waals surface area contributed by atoms with Gasteiger partial charge in [0.05, 0.1) is 6.26 Å². The first-order chi connectivity index (χ1) is 9.33. The lowest BCUT2D eigenvalue weighted by Crippen LogP contribution is -2.36. The van der Waals surface area contributed by atoms with Gasteiger partial charge in [0.25, 0.3) is 0 Å². The highest BCUT2D eigenvalue weighted by molar-refractivity contribution is 7.88. The molecule has 7 heteroatoms. The SMILES string of the molecule is CS(=O)(=O)NC1CC(=O)N(CCc2ccc(F)cc2)C1. The third-order valence-corrected chi connectivity index (χ3v) is 3.94. The highest BCUT2D eigenvalue weighted by Crippen LogP contribution is 2.13. The number of nitrogens with zero attached hydrogens (tertiary/aromatic N) is 1. The number of hydrogen-bond donors (Lipinski definition) is 1. The van der Waals surface area contributed by atoms with Gasteiger partial charge in [-0.05, 0) is 24.1 Å². The zero-order chi connectivity index (χ0) is 14.8. The summed E-state index contributed by atoms with van der Waals surface area (Å²) in [4.78, 5) is 13.4. The maximum atomic E-state index is 12.8. The van der Waals surface area contributed by atoms with Crippen LogP contribution in [0.2, 0.25) is 0 Å². The number of benzene rings is 1. The third-order valence-electron chi connectivity index (χ3n) is 3.18. The summed E-state index contributed by atoms with van der Waals surface area (Å²) in [5.41, 5.74) is 0.943. The second-order valence-corrected chi connectivity index (χ2v) is 6.79. The van der Waals surface area contributed by atoms with Gasteiger partial charge in [0.2, 0.25) is 15.9 Å². The smallest absolute Gasteiger partial charge is 0.224 e. The van der Waals surface area contributed by atoms with Crippen LogP contribution >= 0.6 is 0 Å². The number of rotatable bonds is 5. The minimum absolute atomic E-state index is 0.0618. The van der Waals surface area contributed by atoms with Crippen LogP contribution < -0.4 is 4.72 Å². The van der Waals surface area contributed by atoms with E-state index in [0.29, 0.717) is 19.5 Å². The molecule has 0 spiro atoms. The van der Waals surface area contributed by atoms with Crippen molar-refractivity contribution in [2.24, 2.45) is 0 Å². The Morgan fingerprint density at radius 3 is 2.60 bits per heavy atom. The van der Waals surface area contributed by atoms with Crippen LogP contribution in [0.3, 0.4) is 0 Å². The van der Waals surface area contributed by atoms with Crippen LogP contribution in [0.1, 0.15) is 12.0 Å². The lowest BCUT2D eigenvalue weighted by molar-refractivity contribution is -0.127. The fourth-order valence-electron chi connectivity index (χ4n) is 2.29. The van der Waals surface area contributed by atoms with Crippen molar-refractivity contribution < 1.29 is 17.6 Å². The lowest BCUT2D eigenvalue weighted by Gasteiger charge is -2.16. The van der Waals surface area contributed by atoms with Crippen molar-refractivity contribution in [1.82, 2.24) is 9.62 Å². The van der Waals surface area contributed by atoms with Crippen molar-refractivity contribution in [2.75, 3.05) is 19.3 Å². The lowest BCUT2D eigenvalue weighted by atomic mass is 10.1. The average molecular weight is 300 g/mol. The Morgan fingerprint density at radius 1 is 1.35 bits per heavy atom.